The Bertz CT molecular complexity index is 419. The Kier molecular flexibility index (Phi) is 3.93. The topological polar surface area (TPSA) is 69.4 Å². The average molecular weight is 227 g/mol. The van der Waals surface area contributed by atoms with Crippen molar-refractivity contribution in [3.8, 4) is 5.75 Å². The molecule has 5 nitrogen and oxygen atoms in total. The molecule has 0 aliphatic heterocycles. The van der Waals surface area contributed by atoms with Gasteiger partial charge in [-0.25, -0.2) is 4.39 Å². The van der Waals surface area contributed by atoms with Gasteiger partial charge in [-0.05, 0) is 17.7 Å². The highest BCUT2D eigenvalue weighted by molar-refractivity contribution is 5.81. The summed E-state index contributed by atoms with van der Waals surface area (Å²) < 4.78 is 17.9. The predicted molar refractivity (Wildman–Crippen MR) is 53.5 cm³/mol. The first-order chi connectivity index (χ1) is 7.52. The molecule has 1 rings (SSSR count). The summed E-state index contributed by atoms with van der Waals surface area (Å²) in [5, 5.41) is 10.1. The molecule has 0 atom stereocenters. The lowest BCUT2D eigenvalue weighted by molar-refractivity contribution is -0.467. The molecule has 0 unspecified atom stereocenters. The summed E-state index contributed by atoms with van der Waals surface area (Å²) in [5.41, 5.74) is 0.394. The highest BCUT2D eigenvalue weighted by Gasteiger charge is 2.12. The molecule has 0 bridgehead atoms. The number of hydrogen-bond acceptors (Lipinski definition) is 4. The second-order valence-corrected chi connectivity index (χ2v) is 3.18. The molecular formula is C10H10FNO4. The van der Waals surface area contributed by atoms with Crippen LogP contribution >= 0.6 is 0 Å². The molecule has 0 aliphatic rings. The smallest absolute Gasteiger partial charge is 0.261 e. The van der Waals surface area contributed by atoms with Crippen LogP contribution in [0.5, 0.6) is 5.75 Å². The van der Waals surface area contributed by atoms with Gasteiger partial charge in [0.1, 0.15) is 0 Å². The molecule has 6 heteroatoms. The van der Waals surface area contributed by atoms with Gasteiger partial charge in [0, 0.05) is 11.3 Å². The lowest BCUT2D eigenvalue weighted by atomic mass is 10.1. The van der Waals surface area contributed by atoms with E-state index in [2.05, 4.69) is 0 Å². The fourth-order valence-corrected chi connectivity index (χ4v) is 1.25. The summed E-state index contributed by atoms with van der Waals surface area (Å²) in [6.07, 6.45) is -0.151. The summed E-state index contributed by atoms with van der Waals surface area (Å²) in [6, 6.07) is 4.01. The molecule has 16 heavy (non-hydrogen) atoms. The number of Topliss-reactive ketones (excluding diaryl/α,β-unsaturated/α-hetero) is 1. The zero-order chi connectivity index (χ0) is 12.1. The molecule has 0 saturated heterocycles. The van der Waals surface area contributed by atoms with E-state index in [-0.39, 0.29) is 12.2 Å². The van der Waals surface area contributed by atoms with Crippen molar-refractivity contribution in [2.45, 2.75) is 6.42 Å². The van der Waals surface area contributed by atoms with Gasteiger partial charge in [0.15, 0.2) is 11.6 Å². The molecule has 0 fully saturated rings. The van der Waals surface area contributed by atoms with Crippen molar-refractivity contribution in [1.82, 2.24) is 0 Å². The van der Waals surface area contributed by atoms with Gasteiger partial charge in [-0.2, -0.15) is 0 Å². The number of carbonyl (C=O) groups excluding carboxylic acids is 1. The average Bonchev–Trinajstić information content (AvgIpc) is 2.16. The standard InChI is InChI=1S/C10H10FNO4/c1-16-10-3-2-7(5-9(10)11)4-8(13)6-12(14)15/h2-3,5H,4,6H2,1H3. The third-order valence-corrected chi connectivity index (χ3v) is 1.92. The normalized spacial score (nSPS) is 9.88. The fourth-order valence-electron chi connectivity index (χ4n) is 1.25. The van der Waals surface area contributed by atoms with Crippen LogP contribution < -0.4 is 4.74 Å². The maximum absolute atomic E-state index is 13.2. The van der Waals surface area contributed by atoms with Crippen molar-refractivity contribution in [3.05, 3.63) is 39.7 Å². The van der Waals surface area contributed by atoms with Crippen LogP contribution in [-0.2, 0) is 11.2 Å². The van der Waals surface area contributed by atoms with Crippen molar-refractivity contribution in [2.24, 2.45) is 0 Å². The van der Waals surface area contributed by atoms with E-state index in [4.69, 9.17) is 4.74 Å². The van der Waals surface area contributed by atoms with Crippen molar-refractivity contribution < 1.29 is 18.8 Å². The number of rotatable bonds is 5. The van der Waals surface area contributed by atoms with Gasteiger partial charge in [-0.3, -0.25) is 14.9 Å². The Morgan fingerprint density at radius 2 is 2.25 bits per heavy atom. The molecule has 0 spiro atoms. The maximum Gasteiger partial charge on any atom is 0.261 e. The zero-order valence-electron chi connectivity index (χ0n) is 8.60. The van der Waals surface area contributed by atoms with Gasteiger partial charge in [0.05, 0.1) is 7.11 Å². The fraction of sp³-hybridized carbons (Fsp3) is 0.300. The number of nitro groups is 1. The Morgan fingerprint density at radius 1 is 1.56 bits per heavy atom. The van der Waals surface area contributed by atoms with E-state index in [0.717, 1.165) is 6.07 Å². The summed E-state index contributed by atoms with van der Waals surface area (Å²) in [6.45, 7) is -0.742. The zero-order valence-corrected chi connectivity index (χ0v) is 8.60. The van der Waals surface area contributed by atoms with Crippen LogP contribution in [0.3, 0.4) is 0 Å². The molecule has 0 saturated carbocycles. The Labute approximate surface area is 91.0 Å². The number of carbonyl (C=O) groups is 1. The SMILES string of the molecule is COc1ccc(CC(=O)C[N+](=O)[O-])cc1F. The van der Waals surface area contributed by atoms with E-state index < -0.39 is 23.1 Å². The lowest BCUT2D eigenvalue weighted by Crippen LogP contribution is -2.15. The minimum atomic E-state index is -0.742. The van der Waals surface area contributed by atoms with Crippen LogP contribution in [0, 0.1) is 15.9 Å². The summed E-state index contributed by atoms with van der Waals surface area (Å²) in [7, 11) is 1.33. The molecular weight excluding hydrogens is 217 g/mol. The molecule has 0 N–H and O–H groups in total. The minimum Gasteiger partial charge on any atom is -0.494 e. The molecule has 1 aromatic rings. The van der Waals surface area contributed by atoms with E-state index >= 15 is 0 Å². The van der Waals surface area contributed by atoms with Crippen LogP contribution in [0.1, 0.15) is 5.56 Å². The van der Waals surface area contributed by atoms with Crippen LogP contribution in [0.2, 0.25) is 0 Å². The third kappa shape index (κ3) is 3.30. The van der Waals surface area contributed by atoms with E-state index in [1.165, 1.54) is 19.2 Å². The first-order valence-electron chi connectivity index (χ1n) is 4.49. The third-order valence-electron chi connectivity index (χ3n) is 1.92. The Morgan fingerprint density at radius 3 is 2.75 bits per heavy atom. The first-order valence-corrected chi connectivity index (χ1v) is 4.49. The molecule has 0 radical (unpaired) electrons. The number of benzene rings is 1. The number of hydrogen-bond donors (Lipinski definition) is 0. The van der Waals surface area contributed by atoms with E-state index in [9.17, 15) is 19.3 Å². The molecule has 86 valence electrons. The van der Waals surface area contributed by atoms with Crippen LogP contribution in [-0.4, -0.2) is 24.4 Å². The van der Waals surface area contributed by atoms with Crippen LogP contribution in [0.15, 0.2) is 18.2 Å². The van der Waals surface area contributed by atoms with Gasteiger partial charge in [0.25, 0.3) is 6.54 Å². The highest BCUT2D eigenvalue weighted by Crippen LogP contribution is 2.17. The number of halogens is 1. The number of methoxy groups -OCH3 is 1. The molecule has 0 heterocycles. The van der Waals surface area contributed by atoms with Crippen molar-refractivity contribution >= 4 is 5.78 Å². The van der Waals surface area contributed by atoms with Gasteiger partial charge in [-0.15, -0.1) is 0 Å². The number of nitrogens with zero attached hydrogens (tertiary/aromatic N) is 1. The Balaban J connectivity index is 2.71. The Hall–Kier alpha value is -1.98. The highest BCUT2D eigenvalue weighted by atomic mass is 19.1. The number of ether oxygens (including phenoxy) is 1. The predicted octanol–water partition coefficient (Wildman–Crippen LogP) is 1.22. The monoisotopic (exact) mass is 227 g/mol. The second-order valence-electron chi connectivity index (χ2n) is 3.18. The molecule has 0 amide bonds. The quantitative estimate of drug-likeness (QED) is 0.560. The van der Waals surface area contributed by atoms with Gasteiger partial charge >= 0.3 is 0 Å². The summed E-state index contributed by atoms with van der Waals surface area (Å²) in [4.78, 5) is 20.4. The van der Waals surface area contributed by atoms with Gasteiger partial charge in [0.2, 0.25) is 5.78 Å². The summed E-state index contributed by atoms with van der Waals surface area (Å²) >= 11 is 0. The van der Waals surface area contributed by atoms with Crippen molar-refractivity contribution in [2.75, 3.05) is 13.7 Å². The maximum atomic E-state index is 13.2. The first kappa shape index (κ1) is 12.1. The second kappa shape index (κ2) is 5.20. The van der Waals surface area contributed by atoms with Crippen LogP contribution in [0.25, 0.3) is 0 Å². The van der Waals surface area contributed by atoms with Crippen molar-refractivity contribution in [1.29, 1.82) is 0 Å². The minimum absolute atomic E-state index is 0.0745. The largest absolute Gasteiger partial charge is 0.494 e. The van der Waals surface area contributed by atoms with Gasteiger partial charge in [-0.1, -0.05) is 6.07 Å². The van der Waals surface area contributed by atoms with Crippen LogP contribution in [0.4, 0.5) is 4.39 Å². The summed E-state index contributed by atoms with van der Waals surface area (Å²) in [5.74, 6) is -1.08. The lowest BCUT2D eigenvalue weighted by Gasteiger charge is -2.03. The van der Waals surface area contributed by atoms with Gasteiger partial charge < -0.3 is 4.74 Å². The molecule has 0 aromatic heterocycles. The number of ketones is 1. The molecule has 1 aromatic carbocycles. The van der Waals surface area contributed by atoms with E-state index in [1.807, 2.05) is 0 Å². The van der Waals surface area contributed by atoms with E-state index in [0.29, 0.717) is 5.56 Å². The molecule has 0 aliphatic carbocycles. The van der Waals surface area contributed by atoms with Crippen molar-refractivity contribution in [3.63, 3.8) is 0 Å². The van der Waals surface area contributed by atoms with E-state index in [1.54, 1.807) is 0 Å².